The molecule has 88 valence electrons. The number of carbonyl (C=O) groups excluding carboxylic acids is 1. The van der Waals surface area contributed by atoms with Gasteiger partial charge in [0.15, 0.2) is 6.10 Å². The van der Waals surface area contributed by atoms with Gasteiger partial charge in [-0.05, 0) is 12.1 Å². The quantitative estimate of drug-likeness (QED) is 0.623. The Morgan fingerprint density at radius 3 is 2.81 bits per heavy atom. The minimum Gasteiger partial charge on any atom is -0.479 e. The second kappa shape index (κ2) is 5.92. The average Bonchev–Trinajstić information content (AvgIpc) is 2.75. The van der Waals surface area contributed by atoms with Crippen molar-refractivity contribution in [2.45, 2.75) is 18.9 Å². The van der Waals surface area contributed by atoms with E-state index in [-0.39, 0.29) is 18.9 Å². The van der Waals surface area contributed by atoms with Crippen molar-refractivity contribution in [3.63, 3.8) is 0 Å². The van der Waals surface area contributed by atoms with E-state index in [1.165, 1.54) is 6.26 Å². The van der Waals surface area contributed by atoms with Gasteiger partial charge >= 0.3 is 5.97 Å². The summed E-state index contributed by atoms with van der Waals surface area (Å²) in [6.07, 6.45) is 0.594. The topological polar surface area (TPSA) is 99.8 Å². The molecule has 0 unspecified atom stereocenters. The molecule has 1 aromatic heterocycles. The Kier molecular flexibility index (Phi) is 4.53. The second-order valence-electron chi connectivity index (χ2n) is 3.24. The number of furan rings is 1. The lowest BCUT2D eigenvalue weighted by Crippen LogP contribution is -2.36. The van der Waals surface area contributed by atoms with Crippen LogP contribution in [0.15, 0.2) is 22.8 Å². The summed E-state index contributed by atoms with van der Waals surface area (Å²) in [6, 6.07) is 3.47. The van der Waals surface area contributed by atoms with E-state index in [2.05, 4.69) is 5.32 Å². The number of aryl methyl sites for hydroxylation is 1. The van der Waals surface area contributed by atoms with Crippen LogP contribution in [0.4, 0.5) is 0 Å². The molecule has 0 aliphatic rings. The molecule has 0 aliphatic heterocycles. The van der Waals surface area contributed by atoms with Gasteiger partial charge in [-0.2, -0.15) is 0 Å². The fourth-order valence-electron chi connectivity index (χ4n) is 1.08. The number of hydrogen-bond donors (Lipinski definition) is 3. The van der Waals surface area contributed by atoms with Crippen molar-refractivity contribution in [3.8, 4) is 0 Å². The van der Waals surface area contributed by atoms with E-state index in [9.17, 15) is 9.59 Å². The standard InChI is InChI=1S/C10H13NO5/c12-8(10(14)15)6-11-9(13)4-3-7-2-1-5-16-7/h1-2,5,8,12H,3-4,6H2,(H,11,13)(H,14,15)/t8-/m0/s1. The van der Waals surface area contributed by atoms with Gasteiger partial charge in [0.2, 0.25) is 5.91 Å². The Bertz CT molecular complexity index is 346. The number of carbonyl (C=O) groups is 2. The predicted octanol–water partition coefficient (Wildman–Crippen LogP) is -0.226. The van der Waals surface area contributed by atoms with E-state index in [4.69, 9.17) is 14.6 Å². The molecule has 0 saturated carbocycles. The highest BCUT2D eigenvalue weighted by atomic mass is 16.4. The highest BCUT2D eigenvalue weighted by Gasteiger charge is 2.13. The van der Waals surface area contributed by atoms with Crippen LogP contribution in [0.1, 0.15) is 12.2 Å². The van der Waals surface area contributed by atoms with Crippen LogP contribution in [0.5, 0.6) is 0 Å². The number of hydrogen-bond acceptors (Lipinski definition) is 4. The zero-order valence-electron chi connectivity index (χ0n) is 8.55. The van der Waals surface area contributed by atoms with Crippen LogP contribution in [-0.4, -0.2) is 34.7 Å². The first-order valence-electron chi connectivity index (χ1n) is 4.79. The zero-order valence-corrected chi connectivity index (χ0v) is 8.55. The van der Waals surface area contributed by atoms with Crippen molar-refractivity contribution in [3.05, 3.63) is 24.2 Å². The molecular formula is C10H13NO5. The first-order valence-corrected chi connectivity index (χ1v) is 4.79. The molecule has 3 N–H and O–H groups in total. The highest BCUT2D eigenvalue weighted by molar-refractivity contribution is 5.78. The maximum Gasteiger partial charge on any atom is 0.334 e. The number of aliphatic hydroxyl groups is 1. The SMILES string of the molecule is O=C(CCc1ccco1)NC[C@H](O)C(=O)O. The van der Waals surface area contributed by atoms with Crippen molar-refractivity contribution in [2.24, 2.45) is 0 Å². The molecular weight excluding hydrogens is 214 g/mol. The van der Waals surface area contributed by atoms with Gasteiger partial charge in [-0.3, -0.25) is 4.79 Å². The summed E-state index contributed by atoms with van der Waals surface area (Å²) < 4.78 is 5.02. The van der Waals surface area contributed by atoms with Crippen molar-refractivity contribution >= 4 is 11.9 Å². The van der Waals surface area contributed by atoms with Crippen molar-refractivity contribution in [1.82, 2.24) is 5.32 Å². The van der Waals surface area contributed by atoms with Gasteiger partial charge in [0.1, 0.15) is 5.76 Å². The van der Waals surface area contributed by atoms with Crippen LogP contribution < -0.4 is 5.32 Å². The van der Waals surface area contributed by atoms with E-state index in [0.717, 1.165) is 0 Å². The fraction of sp³-hybridized carbons (Fsp3) is 0.400. The number of carboxylic acids is 1. The molecule has 1 rings (SSSR count). The lowest BCUT2D eigenvalue weighted by atomic mass is 10.2. The lowest BCUT2D eigenvalue weighted by Gasteiger charge is -2.06. The van der Waals surface area contributed by atoms with Gasteiger partial charge in [-0.1, -0.05) is 0 Å². The third-order valence-corrected chi connectivity index (χ3v) is 1.96. The van der Waals surface area contributed by atoms with Gasteiger partial charge in [-0.15, -0.1) is 0 Å². The average molecular weight is 227 g/mol. The fourth-order valence-corrected chi connectivity index (χ4v) is 1.08. The normalized spacial score (nSPS) is 12.1. The summed E-state index contributed by atoms with van der Waals surface area (Å²) in [5.41, 5.74) is 0. The summed E-state index contributed by atoms with van der Waals surface area (Å²) in [7, 11) is 0. The summed E-state index contributed by atoms with van der Waals surface area (Å²) in [4.78, 5) is 21.4. The van der Waals surface area contributed by atoms with Gasteiger partial charge in [0.25, 0.3) is 0 Å². The monoisotopic (exact) mass is 227 g/mol. The van der Waals surface area contributed by atoms with E-state index >= 15 is 0 Å². The first-order chi connectivity index (χ1) is 7.59. The van der Waals surface area contributed by atoms with E-state index in [1.54, 1.807) is 12.1 Å². The maximum absolute atomic E-state index is 11.2. The number of carboxylic acid groups (broad SMARTS) is 1. The Labute approximate surface area is 91.9 Å². The Morgan fingerprint density at radius 2 is 2.25 bits per heavy atom. The summed E-state index contributed by atoms with van der Waals surface area (Å²) in [5, 5.41) is 19.6. The molecule has 6 heteroatoms. The second-order valence-corrected chi connectivity index (χ2v) is 3.24. The van der Waals surface area contributed by atoms with Gasteiger partial charge in [0, 0.05) is 12.8 Å². The Hall–Kier alpha value is -1.82. The van der Waals surface area contributed by atoms with Crippen LogP contribution in [0, 0.1) is 0 Å². The molecule has 0 saturated heterocycles. The molecule has 0 bridgehead atoms. The lowest BCUT2D eigenvalue weighted by molar-refractivity contribution is -0.146. The molecule has 0 spiro atoms. The molecule has 0 aliphatic carbocycles. The van der Waals surface area contributed by atoms with Crippen LogP contribution in [-0.2, 0) is 16.0 Å². The highest BCUT2D eigenvalue weighted by Crippen LogP contribution is 2.03. The number of aliphatic hydroxyl groups excluding tert-OH is 1. The number of aliphatic carboxylic acids is 1. The van der Waals surface area contributed by atoms with Crippen LogP contribution in [0.3, 0.4) is 0 Å². The summed E-state index contributed by atoms with van der Waals surface area (Å²) in [5.74, 6) is -0.989. The molecule has 1 atom stereocenters. The minimum atomic E-state index is -1.56. The van der Waals surface area contributed by atoms with Crippen molar-refractivity contribution in [2.75, 3.05) is 6.54 Å². The first kappa shape index (κ1) is 12.3. The van der Waals surface area contributed by atoms with Crippen LogP contribution in [0.2, 0.25) is 0 Å². The number of rotatable bonds is 6. The van der Waals surface area contributed by atoms with Crippen LogP contribution >= 0.6 is 0 Å². The molecule has 1 heterocycles. The molecule has 0 radical (unpaired) electrons. The molecule has 1 amide bonds. The van der Waals surface area contributed by atoms with E-state index < -0.39 is 12.1 Å². The summed E-state index contributed by atoms with van der Waals surface area (Å²) >= 11 is 0. The Morgan fingerprint density at radius 1 is 1.50 bits per heavy atom. The molecule has 16 heavy (non-hydrogen) atoms. The zero-order chi connectivity index (χ0) is 12.0. The Balaban J connectivity index is 2.19. The molecule has 6 nitrogen and oxygen atoms in total. The predicted molar refractivity (Wildman–Crippen MR) is 53.7 cm³/mol. The van der Waals surface area contributed by atoms with Gasteiger partial charge in [0.05, 0.1) is 12.8 Å². The largest absolute Gasteiger partial charge is 0.479 e. The summed E-state index contributed by atoms with van der Waals surface area (Å²) in [6.45, 7) is -0.285. The number of nitrogens with one attached hydrogen (secondary N) is 1. The molecule has 1 aromatic rings. The van der Waals surface area contributed by atoms with Crippen LogP contribution in [0.25, 0.3) is 0 Å². The smallest absolute Gasteiger partial charge is 0.334 e. The van der Waals surface area contributed by atoms with Gasteiger partial charge in [-0.25, -0.2) is 4.79 Å². The molecule has 0 fully saturated rings. The molecule has 0 aromatic carbocycles. The van der Waals surface area contributed by atoms with E-state index in [0.29, 0.717) is 12.2 Å². The third kappa shape index (κ3) is 4.14. The van der Waals surface area contributed by atoms with Gasteiger partial charge < -0.3 is 19.9 Å². The number of amides is 1. The maximum atomic E-state index is 11.2. The minimum absolute atomic E-state index is 0.194. The van der Waals surface area contributed by atoms with E-state index in [1.807, 2.05) is 0 Å². The third-order valence-electron chi connectivity index (χ3n) is 1.96. The van der Waals surface area contributed by atoms with Crippen molar-refractivity contribution < 1.29 is 24.2 Å². The van der Waals surface area contributed by atoms with Crippen molar-refractivity contribution in [1.29, 1.82) is 0 Å².